The van der Waals surface area contributed by atoms with Crippen molar-refractivity contribution in [1.82, 2.24) is 5.32 Å². The number of nitriles is 1. The fraction of sp³-hybridized carbons (Fsp3) is 0.571. The Balaban J connectivity index is 3.80. The topological polar surface area (TPSA) is 110 Å². The number of aliphatic hydroxyl groups excluding tert-OH is 1. The average Bonchev–Trinajstić information content (AvgIpc) is 2.14. The van der Waals surface area contributed by atoms with E-state index < -0.39 is 24.5 Å². The van der Waals surface area contributed by atoms with Crippen molar-refractivity contribution in [3.8, 4) is 6.07 Å². The van der Waals surface area contributed by atoms with Crippen LogP contribution < -0.4 is 5.32 Å². The molecule has 1 atom stereocenters. The lowest BCUT2D eigenvalue weighted by Crippen LogP contribution is -2.44. The molecule has 0 spiro atoms. The van der Waals surface area contributed by atoms with Crippen LogP contribution in [0.25, 0.3) is 0 Å². The van der Waals surface area contributed by atoms with Crippen molar-refractivity contribution < 1.29 is 19.8 Å². The number of carboxylic acids is 1. The Morgan fingerprint density at radius 3 is 2.64 bits per heavy atom. The lowest BCUT2D eigenvalue weighted by molar-refractivity contribution is -0.142. The molecule has 3 N–H and O–H groups in total. The maximum atomic E-state index is 11.0. The molecule has 0 aliphatic carbocycles. The van der Waals surface area contributed by atoms with E-state index in [1.807, 2.05) is 6.07 Å². The lowest BCUT2D eigenvalue weighted by Gasteiger charge is -2.10. The van der Waals surface area contributed by atoms with Gasteiger partial charge in [-0.2, -0.15) is 5.26 Å². The highest BCUT2D eigenvalue weighted by Crippen LogP contribution is 1.97. The first-order chi connectivity index (χ1) is 6.61. The number of hydrogen-bond donors (Lipinski definition) is 3. The van der Waals surface area contributed by atoms with Crippen LogP contribution >= 0.6 is 11.8 Å². The van der Waals surface area contributed by atoms with Gasteiger partial charge >= 0.3 is 5.97 Å². The van der Waals surface area contributed by atoms with Crippen LogP contribution in [-0.2, 0) is 9.59 Å². The second-order valence-corrected chi connectivity index (χ2v) is 3.28. The van der Waals surface area contributed by atoms with Crippen LogP contribution in [0.5, 0.6) is 0 Å². The number of nitrogens with one attached hydrogen (secondary N) is 1. The van der Waals surface area contributed by atoms with Crippen molar-refractivity contribution in [2.24, 2.45) is 0 Å². The number of rotatable bonds is 6. The van der Waals surface area contributed by atoms with Crippen LogP contribution in [-0.4, -0.2) is 46.2 Å². The van der Waals surface area contributed by atoms with Gasteiger partial charge in [0.1, 0.15) is 6.04 Å². The molecule has 0 aliphatic rings. The molecule has 78 valence electrons. The minimum absolute atomic E-state index is 0.0112. The van der Waals surface area contributed by atoms with Gasteiger partial charge in [0.25, 0.3) is 0 Å². The highest BCUT2D eigenvalue weighted by molar-refractivity contribution is 8.00. The zero-order valence-electron chi connectivity index (χ0n) is 7.27. The Kier molecular flexibility index (Phi) is 6.53. The van der Waals surface area contributed by atoms with Gasteiger partial charge in [-0.1, -0.05) is 0 Å². The first kappa shape index (κ1) is 12.7. The normalized spacial score (nSPS) is 11.4. The van der Waals surface area contributed by atoms with Gasteiger partial charge in [-0.05, 0) is 0 Å². The predicted octanol–water partition coefficient (Wildman–Crippen LogP) is -1.20. The van der Waals surface area contributed by atoms with E-state index in [9.17, 15) is 9.59 Å². The zero-order chi connectivity index (χ0) is 11.0. The maximum Gasteiger partial charge on any atom is 0.328 e. The molecule has 0 heterocycles. The average molecular weight is 218 g/mol. The van der Waals surface area contributed by atoms with E-state index >= 15 is 0 Å². The highest BCUT2D eigenvalue weighted by atomic mass is 32.2. The summed E-state index contributed by atoms with van der Waals surface area (Å²) in [6, 6.07) is 0.557. The van der Waals surface area contributed by atoms with Crippen LogP contribution in [0.1, 0.15) is 0 Å². The molecule has 6 nitrogen and oxygen atoms in total. The lowest BCUT2D eigenvalue weighted by atomic mass is 10.3. The first-order valence-corrected chi connectivity index (χ1v) is 4.85. The molecule has 0 saturated carbocycles. The van der Waals surface area contributed by atoms with Gasteiger partial charge in [0.2, 0.25) is 5.91 Å². The summed E-state index contributed by atoms with van der Waals surface area (Å²) >= 11 is 1.08. The summed E-state index contributed by atoms with van der Waals surface area (Å²) in [4.78, 5) is 21.3. The van der Waals surface area contributed by atoms with Crippen molar-refractivity contribution in [1.29, 1.82) is 5.26 Å². The SMILES string of the molecule is N#CCSCC(=O)NC(CO)C(=O)O. The summed E-state index contributed by atoms with van der Waals surface area (Å²) in [6.07, 6.45) is 0. The third kappa shape index (κ3) is 5.40. The third-order valence-electron chi connectivity index (χ3n) is 1.22. The van der Waals surface area contributed by atoms with Gasteiger partial charge < -0.3 is 15.5 Å². The van der Waals surface area contributed by atoms with E-state index in [1.165, 1.54) is 0 Å². The molecule has 7 heteroatoms. The molecule has 0 fully saturated rings. The number of amides is 1. The van der Waals surface area contributed by atoms with E-state index in [0.29, 0.717) is 0 Å². The van der Waals surface area contributed by atoms with Crippen molar-refractivity contribution in [3.63, 3.8) is 0 Å². The Bertz CT molecular complexity index is 251. The van der Waals surface area contributed by atoms with Gasteiger partial charge in [-0.15, -0.1) is 11.8 Å². The molecule has 1 amide bonds. The van der Waals surface area contributed by atoms with E-state index in [-0.39, 0.29) is 11.5 Å². The Hall–Kier alpha value is -1.26. The van der Waals surface area contributed by atoms with Gasteiger partial charge in [0.05, 0.1) is 24.2 Å². The fourth-order valence-electron chi connectivity index (χ4n) is 0.611. The zero-order valence-corrected chi connectivity index (χ0v) is 8.08. The number of aliphatic carboxylic acids is 1. The maximum absolute atomic E-state index is 11.0. The highest BCUT2D eigenvalue weighted by Gasteiger charge is 2.18. The number of aliphatic hydroxyl groups is 1. The number of nitrogens with zero attached hydrogens (tertiary/aromatic N) is 1. The molecule has 0 aromatic rings. The van der Waals surface area contributed by atoms with Crippen LogP contribution in [0.4, 0.5) is 0 Å². The second kappa shape index (κ2) is 7.17. The van der Waals surface area contributed by atoms with Crippen molar-refractivity contribution >= 4 is 23.6 Å². The molecular formula is C7H10N2O4S. The molecular weight excluding hydrogens is 208 g/mol. The number of carbonyl (C=O) groups is 2. The molecule has 0 aliphatic heterocycles. The molecule has 0 bridgehead atoms. The van der Waals surface area contributed by atoms with Gasteiger partial charge in [-0.25, -0.2) is 4.79 Å². The monoisotopic (exact) mass is 218 g/mol. The minimum Gasteiger partial charge on any atom is -0.480 e. The predicted molar refractivity (Wildman–Crippen MR) is 49.6 cm³/mol. The third-order valence-corrected chi connectivity index (χ3v) is 2.02. The van der Waals surface area contributed by atoms with E-state index in [4.69, 9.17) is 15.5 Å². The fourth-order valence-corrected chi connectivity index (χ4v) is 1.07. The number of thioether (sulfide) groups is 1. The van der Waals surface area contributed by atoms with Crippen LogP contribution in [0, 0.1) is 11.3 Å². The van der Waals surface area contributed by atoms with Crippen molar-refractivity contribution in [3.05, 3.63) is 0 Å². The van der Waals surface area contributed by atoms with Gasteiger partial charge in [0.15, 0.2) is 0 Å². The molecule has 0 rings (SSSR count). The van der Waals surface area contributed by atoms with E-state index in [1.54, 1.807) is 0 Å². The molecule has 0 aromatic heterocycles. The van der Waals surface area contributed by atoms with Crippen LogP contribution in [0.15, 0.2) is 0 Å². The summed E-state index contributed by atoms with van der Waals surface area (Å²) in [5.41, 5.74) is 0. The summed E-state index contributed by atoms with van der Waals surface area (Å²) in [7, 11) is 0. The first-order valence-electron chi connectivity index (χ1n) is 3.69. The quantitative estimate of drug-likeness (QED) is 0.483. The standard InChI is InChI=1S/C7H10N2O4S/c8-1-2-14-4-6(11)9-5(3-10)7(12)13/h5,10H,2-4H2,(H,9,11)(H,12,13). The molecule has 0 saturated heterocycles. The summed E-state index contributed by atoms with van der Waals surface area (Å²) < 4.78 is 0. The van der Waals surface area contributed by atoms with E-state index in [0.717, 1.165) is 11.8 Å². The Morgan fingerprint density at radius 2 is 2.21 bits per heavy atom. The number of carbonyl (C=O) groups excluding carboxylic acids is 1. The molecule has 1 unspecified atom stereocenters. The van der Waals surface area contributed by atoms with Gasteiger partial charge in [0, 0.05) is 0 Å². The van der Waals surface area contributed by atoms with Crippen LogP contribution in [0.2, 0.25) is 0 Å². The summed E-state index contributed by atoms with van der Waals surface area (Å²) in [6.45, 7) is -0.649. The summed E-state index contributed by atoms with van der Waals surface area (Å²) in [5, 5.41) is 27.3. The number of carboxylic acid groups (broad SMARTS) is 1. The Labute approximate surface area is 84.9 Å². The van der Waals surface area contributed by atoms with Gasteiger partial charge in [-0.3, -0.25) is 4.79 Å². The van der Waals surface area contributed by atoms with Crippen molar-refractivity contribution in [2.45, 2.75) is 6.04 Å². The number of hydrogen-bond acceptors (Lipinski definition) is 5. The molecule has 0 aromatic carbocycles. The van der Waals surface area contributed by atoms with Crippen molar-refractivity contribution in [2.75, 3.05) is 18.1 Å². The van der Waals surface area contributed by atoms with E-state index in [2.05, 4.69) is 5.32 Å². The Morgan fingerprint density at radius 1 is 1.57 bits per heavy atom. The molecule has 0 radical (unpaired) electrons. The smallest absolute Gasteiger partial charge is 0.328 e. The summed E-state index contributed by atoms with van der Waals surface area (Å²) in [5.74, 6) is -1.61. The molecule has 14 heavy (non-hydrogen) atoms. The largest absolute Gasteiger partial charge is 0.480 e. The minimum atomic E-state index is -1.29. The second-order valence-electron chi connectivity index (χ2n) is 2.29. The van der Waals surface area contributed by atoms with Crippen LogP contribution in [0.3, 0.4) is 0 Å².